The SMILES string of the molecule is FC(F)(F)C(F)(I)c1ccccc1Br. The molecule has 1 aromatic carbocycles. The van der Waals surface area contributed by atoms with Crippen molar-refractivity contribution in [3.8, 4) is 0 Å². The summed E-state index contributed by atoms with van der Waals surface area (Å²) in [6.07, 6.45) is -4.92. The van der Waals surface area contributed by atoms with Gasteiger partial charge in [0.25, 0.3) is 3.68 Å². The van der Waals surface area contributed by atoms with Gasteiger partial charge in [0.2, 0.25) is 0 Å². The van der Waals surface area contributed by atoms with Gasteiger partial charge in [-0.05, 0) is 28.7 Å². The first-order valence-corrected chi connectivity index (χ1v) is 5.33. The lowest BCUT2D eigenvalue weighted by Gasteiger charge is -2.22. The van der Waals surface area contributed by atoms with E-state index in [0.29, 0.717) is 0 Å². The third kappa shape index (κ3) is 2.21. The van der Waals surface area contributed by atoms with Gasteiger partial charge < -0.3 is 0 Å². The quantitative estimate of drug-likeness (QED) is 0.379. The molecule has 1 atom stereocenters. The molecule has 1 rings (SSSR count). The molecule has 0 nitrogen and oxygen atoms in total. The van der Waals surface area contributed by atoms with Crippen LogP contribution in [0.5, 0.6) is 0 Å². The maximum Gasteiger partial charge on any atom is 0.436 e. The molecule has 0 radical (unpaired) electrons. The zero-order valence-corrected chi connectivity index (χ0v) is 10.3. The van der Waals surface area contributed by atoms with E-state index in [1.807, 2.05) is 0 Å². The van der Waals surface area contributed by atoms with Crippen LogP contribution < -0.4 is 0 Å². The van der Waals surface area contributed by atoms with E-state index in [9.17, 15) is 17.6 Å². The van der Waals surface area contributed by atoms with Crippen molar-refractivity contribution in [3.05, 3.63) is 34.3 Å². The standard InChI is InChI=1S/C8H4BrF4I/c9-6-4-2-1-3-5(6)7(10,14)8(11,12)13/h1-4H. The third-order valence-corrected chi connectivity index (χ3v) is 3.45. The summed E-state index contributed by atoms with van der Waals surface area (Å²) < 4.78 is 47.1. The van der Waals surface area contributed by atoms with E-state index >= 15 is 0 Å². The Hall–Kier alpha value is 0.150. The second-order valence-corrected chi connectivity index (χ2v) is 4.89. The summed E-state index contributed by atoms with van der Waals surface area (Å²) >= 11 is 3.63. The molecule has 0 aliphatic rings. The fourth-order valence-electron chi connectivity index (χ4n) is 0.869. The minimum atomic E-state index is -4.92. The minimum Gasteiger partial charge on any atom is -0.217 e. The van der Waals surface area contributed by atoms with Crippen LogP contribution >= 0.6 is 38.5 Å². The van der Waals surface area contributed by atoms with Crippen LogP contribution in [-0.2, 0) is 3.68 Å². The van der Waals surface area contributed by atoms with Crippen LogP contribution in [0.3, 0.4) is 0 Å². The molecular weight excluding hydrogens is 379 g/mol. The first kappa shape index (κ1) is 12.2. The Morgan fingerprint density at radius 1 is 1.07 bits per heavy atom. The molecule has 0 saturated heterocycles. The van der Waals surface area contributed by atoms with Crippen LogP contribution in [-0.4, -0.2) is 6.18 Å². The van der Waals surface area contributed by atoms with Crippen molar-refractivity contribution in [1.82, 2.24) is 0 Å². The van der Waals surface area contributed by atoms with Gasteiger partial charge in [-0.15, -0.1) is 0 Å². The number of halogens is 6. The van der Waals surface area contributed by atoms with E-state index in [1.165, 1.54) is 18.2 Å². The average Bonchev–Trinajstić information content (AvgIpc) is 2.02. The molecular formula is C8H4BrF4I. The Morgan fingerprint density at radius 3 is 2.00 bits per heavy atom. The molecule has 6 heteroatoms. The maximum absolute atomic E-state index is 13.4. The molecule has 0 spiro atoms. The summed E-state index contributed by atoms with van der Waals surface area (Å²) in [4.78, 5) is 0. The second kappa shape index (κ2) is 3.96. The highest BCUT2D eigenvalue weighted by atomic mass is 127. The second-order valence-electron chi connectivity index (χ2n) is 2.55. The number of alkyl halides is 5. The Kier molecular flexibility index (Phi) is 3.45. The van der Waals surface area contributed by atoms with Crippen LogP contribution in [0.25, 0.3) is 0 Å². The van der Waals surface area contributed by atoms with Crippen LogP contribution in [0.1, 0.15) is 5.56 Å². The Labute approximate surface area is 100.0 Å². The van der Waals surface area contributed by atoms with Crippen molar-refractivity contribution in [2.75, 3.05) is 0 Å². The minimum absolute atomic E-state index is 0.106. The zero-order chi connectivity index (χ0) is 11.0. The van der Waals surface area contributed by atoms with Crippen molar-refractivity contribution in [2.45, 2.75) is 9.85 Å². The number of rotatable bonds is 1. The van der Waals surface area contributed by atoms with Crippen molar-refractivity contribution in [1.29, 1.82) is 0 Å². The van der Waals surface area contributed by atoms with E-state index in [0.717, 1.165) is 28.7 Å². The van der Waals surface area contributed by atoms with E-state index < -0.39 is 15.4 Å². The fourth-order valence-corrected chi connectivity index (χ4v) is 2.27. The van der Waals surface area contributed by atoms with Crippen molar-refractivity contribution in [2.24, 2.45) is 0 Å². The van der Waals surface area contributed by atoms with E-state index in [1.54, 1.807) is 0 Å². The predicted octanol–water partition coefficient (Wildman–Crippen LogP) is 4.57. The van der Waals surface area contributed by atoms with Gasteiger partial charge in [-0.2, -0.15) is 13.2 Å². The first-order valence-electron chi connectivity index (χ1n) is 3.46. The molecule has 1 unspecified atom stereocenters. The molecule has 0 heterocycles. The molecule has 78 valence electrons. The van der Waals surface area contributed by atoms with Crippen LogP contribution in [0, 0.1) is 0 Å². The molecule has 0 amide bonds. The highest BCUT2D eigenvalue weighted by Gasteiger charge is 2.56. The molecule has 1 aromatic rings. The lowest BCUT2D eigenvalue weighted by Crippen LogP contribution is -2.32. The Bertz CT molecular complexity index is 334. The molecule has 0 bridgehead atoms. The number of hydrogen-bond acceptors (Lipinski definition) is 0. The van der Waals surface area contributed by atoms with Gasteiger partial charge in [0.15, 0.2) is 0 Å². The topological polar surface area (TPSA) is 0 Å². The number of benzene rings is 1. The summed E-state index contributed by atoms with van der Waals surface area (Å²) in [5.74, 6) is 0. The highest BCUT2D eigenvalue weighted by Crippen LogP contribution is 2.49. The van der Waals surface area contributed by atoms with Crippen LogP contribution in [0.15, 0.2) is 28.7 Å². The monoisotopic (exact) mass is 382 g/mol. The lowest BCUT2D eigenvalue weighted by atomic mass is 10.1. The maximum atomic E-state index is 13.4. The lowest BCUT2D eigenvalue weighted by molar-refractivity contribution is -0.191. The van der Waals surface area contributed by atoms with Crippen LogP contribution in [0.4, 0.5) is 17.6 Å². The predicted molar refractivity (Wildman–Crippen MR) is 57.0 cm³/mol. The van der Waals surface area contributed by atoms with E-state index in [-0.39, 0.29) is 4.47 Å². The molecule has 0 saturated carbocycles. The summed E-state index contributed by atoms with van der Waals surface area (Å²) in [5.41, 5.74) is -0.423. The Morgan fingerprint density at radius 2 is 1.57 bits per heavy atom. The van der Waals surface area contributed by atoms with Gasteiger partial charge in [-0.3, -0.25) is 0 Å². The van der Waals surface area contributed by atoms with Gasteiger partial charge >= 0.3 is 6.18 Å². The molecule has 0 aliphatic carbocycles. The van der Waals surface area contributed by atoms with Crippen molar-refractivity contribution < 1.29 is 17.6 Å². The van der Waals surface area contributed by atoms with E-state index in [4.69, 9.17) is 0 Å². The third-order valence-electron chi connectivity index (χ3n) is 1.57. The van der Waals surface area contributed by atoms with Gasteiger partial charge in [-0.1, -0.05) is 34.1 Å². The molecule has 0 aromatic heterocycles. The number of hydrogen-bond donors (Lipinski definition) is 0. The summed E-state index contributed by atoms with van der Waals surface area (Å²) in [6.45, 7) is 0. The first-order chi connectivity index (χ1) is 6.27. The molecule has 0 aliphatic heterocycles. The summed E-state index contributed by atoms with van der Waals surface area (Å²) in [5, 5.41) is 0. The smallest absolute Gasteiger partial charge is 0.217 e. The van der Waals surface area contributed by atoms with Gasteiger partial charge in [0, 0.05) is 10.0 Å². The summed E-state index contributed by atoms with van der Waals surface area (Å²) in [7, 11) is 0. The van der Waals surface area contributed by atoms with Crippen molar-refractivity contribution in [3.63, 3.8) is 0 Å². The normalized spacial score (nSPS) is 16.4. The molecule has 14 heavy (non-hydrogen) atoms. The van der Waals surface area contributed by atoms with Crippen LogP contribution in [0.2, 0.25) is 0 Å². The average molecular weight is 383 g/mol. The fraction of sp³-hybridized carbons (Fsp3) is 0.250. The molecule has 0 fully saturated rings. The van der Waals surface area contributed by atoms with Gasteiger partial charge in [-0.25, -0.2) is 4.39 Å². The highest BCUT2D eigenvalue weighted by molar-refractivity contribution is 14.1. The van der Waals surface area contributed by atoms with E-state index in [2.05, 4.69) is 15.9 Å². The Balaban J connectivity index is 3.23. The zero-order valence-electron chi connectivity index (χ0n) is 6.58. The van der Waals surface area contributed by atoms with Crippen molar-refractivity contribution >= 4 is 38.5 Å². The van der Waals surface area contributed by atoms with Gasteiger partial charge in [0.05, 0.1) is 0 Å². The summed E-state index contributed by atoms with van der Waals surface area (Å²) in [6, 6.07) is 5.35. The van der Waals surface area contributed by atoms with Gasteiger partial charge in [0.1, 0.15) is 0 Å². The largest absolute Gasteiger partial charge is 0.436 e. The molecule has 0 N–H and O–H groups in total.